The Balaban J connectivity index is 2.13. The first-order chi connectivity index (χ1) is 9.80. The lowest BCUT2D eigenvalue weighted by atomic mass is 9.98. The topological polar surface area (TPSA) is 40.6 Å². The van der Waals surface area contributed by atoms with Gasteiger partial charge in [0.15, 0.2) is 0 Å². The summed E-state index contributed by atoms with van der Waals surface area (Å²) in [5, 5.41) is 0. The molecule has 0 N–H and O–H groups in total. The van der Waals surface area contributed by atoms with Gasteiger partial charge in [-0.05, 0) is 57.5 Å². The Bertz CT molecular complexity index is 594. The molecule has 1 heterocycles. The van der Waals surface area contributed by atoms with Gasteiger partial charge < -0.3 is 4.90 Å². The van der Waals surface area contributed by atoms with E-state index in [1.807, 2.05) is 19.1 Å². The summed E-state index contributed by atoms with van der Waals surface area (Å²) >= 11 is 3.36. The molecule has 6 heteroatoms. The van der Waals surface area contributed by atoms with Crippen LogP contribution in [-0.2, 0) is 10.0 Å². The molecule has 0 spiro atoms. The Morgan fingerprint density at radius 2 is 1.90 bits per heavy atom. The van der Waals surface area contributed by atoms with Gasteiger partial charge >= 0.3 is 0 Å². The average molecular weight is 375 g/mol. The minimum atomic E-state index is -3.38. The van der Waals surface area contributed by atoms with Crippen LogP contribution in [0.5, 0.6) is 0 Å². The fourth-order valence-electron chi connectivity index (χ4n) is 2.84. The van der Waals surface area contributed by atoms with E-state index in [0.29, 0.717) is 23.9 Å². The first-order valence-electron chi connectivity index (χ1n) is 7.21. The van der Waals surface area contributed by atoms with Gasteiger partial charge in [0, 0.05) is 24.1 Å². The third-order valence-corrected chi connectivity index (χ3v) is 6.50. The molecule has 1 fully saturated rings. The van der Waals surface area contributed by atoms with Crippen molar-refractivity contribution in [1.82, 2.24) is 9.21 Å². The van der Waals surface area contributed by atoms with Crippen molar-refractivity contribution in [3.05, 3.63) is 28.2 Å². The van der Waals surface area contributed by atoms with Crippen molar-refractivity contribution in [3.8, 4) is 0 Å². The second-order valence-electron chi connectivity index (χ2n) is 6.02. The number of hydrogen-bond donors (Lipinski definition) is 0. The summed E-state index contributed by atoms with van der Waals surface area (Å²) in [7, 11) is 0.750. The van der Waals surface area contributed by atoms with Crippen molar-refractivity contribution in [2.24, 2.45) is 5.92 Å². The number of sulfonamides is 1. The van der Waals surface area contributed by atoms with E-state index in [2.05, 4.69) is 34.9 Å². The molecule has 0 unspecified atom stereocenters. The second-order valence-corrected chi connectivity index (χ2v) is 8.84. The van der Waals surface area contributed by atoms with Gasteiger partial charge in [-0.1, -0.05) is 22.0 Å². The number of halogens is 1. The lowest BCUT2D eigenvalue weighted by molar-refractivity contribution is 0.225. The molecule has 118 valence electrons. The van der Waals surface area contributed by atoms with Gasteiger partial charge in [0.05, 0.1) is 4.90 Å². The van der Waals surface area contributed by atoms with E-state index in [-0.39, 0.29) is 0 Å². The SMILES string of the molecule is Cc1ccc(Br)cc1S(=O)(=O)N1CCC(CN(C)C)CC1. The van der Waals surface area contributed by atoms with Crippen molar-refractivity contribution in [1.29, 1.82) is 0 Å². The molecule has 0 radical (unpaired) electrons. The Morgan fingerprint density at radius 1 is 1.29 bits per heavy atom. The van der Waals surface area contributed by atoms with Gasteiger partial charge in [-0.3, -0.25) is 0 Å². The molecule has 0 atom stereocenters. The lowest BCUT2D eigenvalue weighted by Gasteiger charge is -2.32. The van der Waals surface area contributed by atoms with Crippen LogP contribution < -0.4 is 0 Å². The van der Waals surface area contributed by atoms with E-state index in [9.17, 15) is 8.42 Å². The highest BCUT2D eigenvalue weighted by atomic mass is 79.9. The van der Waals surface area contributed by atoms with Crippen molar-refractivity contribution >= 4 is 26.0 Å². The summed E-state index contributed by atoms with van der Waals surface area (Å²) in [6.45, 7) is 4.11. The van der Waals surface area contributed by atoms with Gasteiger partial charge in [-0.15, -0.1) is 0 Å². The Morgan fingerprint density at radius 3 is 2.48 bits per heavy atom. The van der Waals surface area contributed by atoms with Crippen LogP contribution in [0.4, 0.5) is 0 Å². The summed E-state index contributed by atoms with van der Waals surface area (Å²) in [4.78, 5) is 2.59. The molecule has 1 saturated heterocycles. The molecule has 0 bridgehead atoms. The number of piperidine rings is 1. The highest BCUT2D eigenvalue weighted by Crippen LogP contribution is 2.27. The number of rotatable bonds is 4. The first-order valence-corrected chi connectivity index (χ1v) is 9.45. The molecule has 1 aromatic rings. The van der Waals surface area contributed by atoms with E-state index in [1.54, 1.807) is 10.4 Å². The fourth-order valence-corrected chi connectivity index (χ4v) is 5.07. The third-order valence-electron chi connectivity index (χ3n) is 3.96. The summed E-state index contributed by atoms with van der Waals surface area (Å²) in [5.74, 6) is 0.593. The zero-order valence-electron chi connectivity index (χ0n) is 12.8. The predicted octanol–water partition coefficient (Wildman–Crippen LogP) is 2.72. The van der Waals surface area contributed by atoms with E-state index in [1.165, 1.54) is 0 Å². The van der Waals surface area contributed by atoms with Crippen LogP contribution in [0.2, 0.25) is 0 Å². The standard InChI is InChI=1S/C15H23BrN2O2S/c1-12-4-5-14(16)10-15(12)21(19,20)18-8-6-13(7-9-18)11-17(2)3/h4-5,10,13H,6-9,11H2,1-3H3. The summed E-state index contributed by atoms with van der Waals surface area (Å²) < 4.78 is 28.0. The first kappa shape index (κ1) is 16.9. The molecule has 21 heavy (non-hydrogen) atoms. The predicted molar refractivity (Wildman–Crippen MR) is 88.9 cm³/mol. The van der Waals surface area contributed by atoms with Crippen LogP contribution in [0.15, 0.2) is 27.6 Å². The fraction of sp³-hybridized carbons (Fsp3) is 0.600. The van der Waals surface area contributed by atoms with Crippen molar-refractivity contribution in [3.63, 3.8) is 0 Å². The van der Waals surface area contributed by atoms with E-state index in [4.69, 9.17) is 0 Å². The van der Waals surface area contributed by atoms with Gasteiger partial charge in [0.25, 0.3) is 0 Å². The molecule has 4 nitrogen and oxygen atoms in total. The van der Waals surface area contributed by atoms with Crippen molar-refractivity contribution in [2.45, 2.75) is 24.7 Å². The van der Waals surface area contributed by atoms with Gasteiger partial charge in [0.1, 0.15) is 0 Å². The monoisotopic (exact) mass is 374 g/mol. The van der Waals surface area contributed by atoms with Crippen LogP contribution >= 0.6 is 15.9 Å². The van der Waals surface area contributed by atoms with E-state index >= 15 is 0 Å². The van der Waals surface area contributed by atoms with Crippen molar-refractivity contribution < 1.29 is 8.42 Å². The minimum Gasteiger partial charge on any atom is -0.309 e. The highest BCUT2D eigenvalue weighted by molar-refractivity contribution is 9.10. The smallest absolute Gasteiger partial charge is 0.243 e. The molecule has 1 aliphatic heterocycles. The van der Waals surface area contributed by atoms with Crippen LogP contribution in [0, 0.1) is 12.8 Å². The molecule has 1 aromatic carbocycles. The average Bonchev–Trinajstić information content (AvgIpc) is 2.41. The van der Waals surface area contributed by atoms with Gasteiger partial charge in [-0.2, -0.15) is 4.31 Å². The summed E-state index contributed by atoms with van der Waals surface area (Å²) in [5.41, 5.74) is 0.800. The maximum Gasteiger partial charge on any atom is 0.243 e. The van der Waals surface area contributed by atoms with Crippen LogP contribution in [0.25, 0.3) is 0 Å². The molecule has 2 rings (SSSR count). The maximum atomic E-state index is 12.8. The summed E-state index contributed by atoms with van der Waals surface area (Å²) in [6.07, 6.45) is 1.87. The van der Waals surface area contributed by atoms with Crippen LogP contribution in [-0.4, -0.2) is 51.4 Å². The minimum absolute atomic E-state index is 0.419. The van der Waals surface area contributed by atoms with Crippen LogP contribution in [0.1, 0.15) is 18.4 Å². The largest absolute Gasteiger partial charge is 0.309 e. The van der Waals surface area contributed by atoms with Gasteiger partial charge in [-0.25, -0.2) is 8.42 Å². The molecule has 0 aliphatic carbocycles. The van der Waals surface area contributed by atoms with E-state index < -0.39 is 10.0 Å². The molecule has 1 aliphatic rings. The number of aryl methyl sites for hydroxylation is 1. The molecular weight excluding hydrogens is 352 g/mol. The zero-order chi connectivity index (χ0) is 15.6. The third kappa shape index (κ3) is 4.06. The molecule has 0 amide bonds. The number of benzene rings is 1. The molecular formula is C15H23BrN2O2S. The normalized spacial score (nSPS) is 18.3. The second kappa shape index (κ2) is 6.77. The Kier molecular flexibility index (Phi) is 5.46. The Labute approximate surface area is 136 Å². The maximum absolute atomic E-state index is 12.8. The quantitative estimate of drug-likeness (QED) is 0.813. The Hall–Kier alpha value is -0.430. The zero-order valence-corrected chi connectivity index (χ0v) is 15.2. The van der Waals surface area contributed by atoms with Crippen LogP contribution in [0.3, 0.4) is 0 Å². The summed E-state index contributed by atoms with van der Waals surface area (Å²) in [6, 6.07) is 5.42. The molecule has 0 saturated carbocycles. The highest BCUT2D eigenvalue weighted by Gasteiger charge is 2.30. The number of nitrogens with zero attached hydrogens (tertiary/aromatic N) is 2. The van der Waals surface area contributed by atoms with E-state index in [0.717, 1.165) is 29.4 Å². The van der Waals surface area contributed by atoms with Crippen molar-refractivity contribution in [2.75, 3.05) is 33.7 Å². The lowest BCUT2D eigenvalue weighted by Crippen LogP contribution is -2.40. The van der Waals surface area contributed by atoms with Gasteiger partial charge in [0.2, 0.25) is 10.0 Å². The molecule has 0 aromatic heterocycles. The number of hydrogen-bond acceptors (Lipinski definition) is 3.